The minimum absolute atomic E-state index is 0.246. The fraction of sp³-hybridized carbons (Fsp3) is 0.417. The van der Waals surface area contributed by atoms with Crippen molar-refractivity contribution in [2.45, 2.75) is 23.7 Å². The predicted octanol–water partition coefficient (Wildman–Crippen LogP) is 0.838. The molecule has 6 heteroatoms. The summed E-state index contributed by atoms with van der Waals surface area (Å²) in [7, 11) is -3.17. The summed E-state index contributed by atoms with van der Waals surface area (Å²) in [5.41, 5.74) is 0.905. The summed E-state index contributed by atoms with van der Waals surface area (Å²) in [6, 6.07) is 6.07. The highest BCUT2D eigenvalue weighted by Gasteiger charge is 2.53. The van der Waals surface area contributed by atoms with E-state index < -0.39 is 26.7 Å². The van der Waals surface area contributed by atoms with Gasteiger partial charge in [-0.1, -0.05) is 24.3 Å². The molecule has 0 aromatic heterocycles. The summed E-state index contributed by atoms with van der Waals surface area (Å²) in [5.74, 6) is -1.33. The highest BCUT2D eigenvalue weighted by Crippen LogP contribution is 2.52. The van der Waals surface area contributed by atoms with E-state index in [1.807, 2.05) is 0 Å². The fourth-order valence-electron chi connectivity index (χ4n) is 2.10. The third-order valence-electron chi connectivity index (χ3n) is 3.40. The molecule has 0 heterocycles. The van der Waals surface area contributed by atoms with Crippen LogP contribution in [0.3, 0.4) is 0 Å². The van der Waals surface area contributed by atoms with Crippen LogP contribution in [0.2, 0.25) is 0 Å². The van der Waals surface area contributed by atoms with Crippen LogP contribution in [0.25, 0.3) is 0 Å². The average Bonchev–Trinajstić information content (AvgIpc) is 3.08. The van der Waals surface area contributed by atoms with Crippen molar-refractivity contribution in [1.82, 2.24) is 0 Å². The fourth-order valence-corrected chi connectivity index (χ4v) is 3.51. The van der Waals surface area contributed by atoms with Gasteiger partial charge in [0, 0.05) is 6.26 Å². The summed E-state index contributed by atoms with van der Waals surface area (Å²) in [5, 5.41) is 18.0. The number of aliphatic carboxylic acids is 1. The lowest BCUT2D eigenvalue weighted by Gasteiger charge is -2.14. The number of benzene rings is 1. The largest absolute Gasteiger partial charge is 0.479 e. The van der Waals surface area contributed by atoms with Crippen LogP contribution < -0.4 is 0 Å². The zero-order valence-electron chi connectivity index (χ0n) is 9.83. The SMILES string of the molecule is CS(=O)(=O)C1(c2ccc(C(O)C(=O)O)cc2)CC1. The third kappa shape index (κ3) is 2.02. The first kappa shape index (κ1) is 13.0. The van der Waals surface area contributed by atoms with Crippen molar-refractivity contribution in [3.63, 3.8) is 0 Å². The Morgan fingerprint density at radius 2 is 1.78 bits per heavy atom. The lowest BCUT2D eigenvalue weighted by Crippen LogP contribution is -2.19. The first-order valence-corrected chi connectivity index (χ1v) is 7.38. The average molecular weight is 270 g/mol. The highest BCUT2D eigenvalue weighted by molar-refractivity contribution is 7.92. The summed E-state index contributed by atoms with van der Waals surface area (Å²) >= 11 is 0. The number of carboxylic acids is 1. The van der Waals surface area contributed by atoms with E-state index >= 15 is 0 Å². The molecule has 1 aromatic carbocycles. The second-order valence-corrected chi connectivity index (χ2v) is 6.96. The Kier molecular flexibility index (Phi) is 2.95. The van der Waals surface area contributed by atoms with Crippen molar-refractivity contribution in [3.05, 3.63) is 35.4 Å². The van der Waals surface area contributed by atoms with E-state index in [4.69, 9.17) is 5.11 Å². The molecule has 1 aliphatic carbocycles. The lowest BCUT2D eigenvalue weighted by molar-refractivity contribution is -0.146. The molecular formula is C12H14O5S. The molecule has 0 spiro atoms. The number of carbonyl (C=O) groups is 1. The van der Waals surface area contributed by atoms with E-state index in [0.29, 0.717) is 18.4 Å². The van der Waals surface area contributed by atoms with Gasteiger partial charge in [-0.05, 0) is 24.0 Å². The Balaban J connectivity index is 2.32. The van der Waals surface area contributed by atoms with Gasteiger partial charge < -0.3 is 10.2 Å². The van der Waals surface area contributed by atoms with Crippen LogP contribution in [0.4, 0.5) is 0 Å². The zero-order valence-corrected chi connectivity index (χ0v) is 10.6. The molecule has 1 aromatic rings. The van der Waals surface area contributed by atoms with E-state index in [1.165, 1.54) is 18.4 Å². The number of rotatable bonds is 4. The second-order valence-electron chi connectivity index (χ2n) is 4.63. The quantitative estimate of drug-likeness (QED) is 0.845. The van der Waals surface area contributed by atoms with Gasteiger partial charge in [0.25, 0.3) is 0 Å². The van der Waals surface area contributed by atoms with E-state index in [2.05, 4.69) is 0 Å². The van der Waals surface area contributed by atoms with E-state index in [0.717, 1.165) is 0 Å². The maximum Gasteiger partial charge on any atom is 0.337 e. The summed E-state index contributed by atoms with van der Waals surface area (Å²) < 4.78 is 22.6. The van der Waals surface area contributed by atoms with Crippen molar-refractivity contribution in [2.24, 2.45) is 0 Å². The van der Waals surface area contributed by atoms with Crippen LogP contribution in [0.1, 0.15) is 30.1 Å². The Morgan fingerprint density at radius 1 is 1.28 bits per heavy atom. The lowest BCUT2D eigenvalue weighted by atomic mass is 10.0. The Hall–Kier alpha value is -1.40. The van der Waals surface area contributed by atoms with Gasteiger partial charge in [-0.3, -0.25) is 0 Å². The number of hydrogen-bond acceptors (Lipinski definition) is 4. The summed E-state index contributed by atoms with van der Waals surface area (Å²) in [6.45, 7) is 0. The van der Waals surface area contributed by atoms with Crippen molar-refractivity contribution < 1.29 is 23.4 Å². The van der Waals surface area contributed by atoms with E-state index in [9.17, 15) is 18.3 Å². The molecule has 0 aliphatic heterocycles. The van der Waals surface area contributed by atoms with Gasteiger partial charge in [0.2, 0.25) is 0 Å². The molecule has 0 amide bonds. The molecule has 18 heavy (non-hydrogen) atoms. The van der Waals surface area contributed by atoms with Crippen LogP contribution in [0, 0.1) is 0 Å². The van der Waals surface area contributed by atoms with Crippen molar-refractivity contribution in [3.8, 4) is 0 Å². The zero-order chi connectivity index (χ0) is 13.6. The highest BCUT2D eigenvalue weighted by atomic mass is 32.2. The molecule has 1 unspecified atom stereocenters. The Morgan fingerprint density at radius 3 is 2.11 bits per heavy atom. The van der Waals surface area contributed by atoms with Gasteiger partial charge in [0.15, 0.2) is 15.9 Å². The molecular weight excluding hydrogens is 256 g/mol. The molecule has 5 nitrogen and oxygen atoms in total. The topological polar surface area (TPSA) is 91.7 Å². The molecule has 98 valence electrons. The summed E-state index contributed by atoms with van der Waals surface area (Å²) in [4.78, 5) is 10.6. The molecule has 0 radical (unpaired) electrons. The predicted molar refractivity (Wildman–Crippen MR) is 64.8 cm³/mol. The van der Waals surface area contributed by atoms with Crippen LogP contribution in [-0.4, -0.2) is 30.9 Å². The van der Waals surface area contributed by atoms with Gasteiger partial charge in [0.1, 0.15) is 0 Å². The number of carboxylic acid groups (broad SMARTS) is 1. The van der Waals surface area contributed by atoms with Crippen LogP contribution in [0.15, 0.2) is 24.3 Å². The van der Waals surface area contributed by atoms with Crippen molar-refractivity contribution in [1.29, 1.82) is 0 Å². The minimum Gasteiger partial charge on any atom is -0.479 e. The standard InChI is InChI=1S/C12H14O5S/c1-18(16,17)12(6-7-12)9-4-2-8(3-5-9)10(13)11(14)15/h2-5,10,13H,6-7H2,1H3,(H,14,15). The number of sulfone groups is 1. The maximum absolute atomic E-state index is 11.7. The molecule has 0 bridgehead atoms. The van der Waals surface area contributed by atoms with Crippen LogP contribution in [0.5, 0.6) is 0 Å². The van der Waals surface area contributed by atoms with E-state index in [1.54, 1.807) is 12.1 Å². The van der Waals surface area contributed by atoms with Crippen molar-refractivity contribution in [2.75, 3.05) is 6.26 Å². The normalized spacial score (nSPS) is 19.2. The third-order valence-corrected chi connectivity index (χ3v) is 5.46. The van der Waals surface area contributed by atoms with Gasteiger partial charge in [-0.2, -0.15) is 0 Å². The van der Waals surface area contributed by atoms with Gasteiger partial charge in [-0.15, -0.1) is 0 Å². The molecule has 1 fully saturated rings. The second kappa shape index (κ2) is 4.07. The number of aliphatic hydroxyl groups is 1. The van der Waals surface area contributed by atoms with Crippen LogP contribution >= 0.6 is 0 Å². The first-order valence-electron chi connectivity index (χ1n) is 5.49. The van der Waals surface area contributed by atoms with Gasteiger partial charge >= 0.3 is 5.97 Å². The smallest absolute Gasteiger partial charge is 0.337 e. The number of hydrogen-bond donors (Lipinski definition) is 2. The summed E-state index contributed by atoms with van der Waals surface area (Å²) in [6.07, 6.45) is 0.812. The van der Waals surface area contributed by atoms with Crippen molar-refractivity contribution >= 4 is 15.8 Å². The van der Waals surface area contributed by atoms with Gasteiger partial charge in [-0.25, -0.2) is 13.2 Å². The van der Waals surface area contributed by atoms with Crippen LogP contribution in [-0.2, 0) is 19.4 Å². The molecule has 1 atom stereocenters. The molecule has 1 saturated carbocycles. The molecule has 2 N–H and O–H groups in total. The first-order chi connectivity index (χ1) is 8.28. The molecule has 1 aliphatic rings. The molecule has 2 rings (SSSR count). The maximum atomic E-state index is 11.7. The number of aliphatic hydroxyl groups excluding tert-OH is 1. The Bertz CT molecular complexity index is 569. The molecule has 0 saturated heterocycles. The van der Waals surface area contributed by atoms with Gasteiger partial charge in [0.05, 0.1) is 4.75 Å². The Labute approximate surface area is 105 Å². The van der Waals surface area contributed by atoms with E-state index in [-0.39, 0.29) is 5.56 Å². The monoisotopic (exact) mass is 270 g/mol. The minimum atomic E-state index is -3.17.